The molecule has 1 aliphatic heterocycles. The van der Waals surface area contributed by atoms with Gasteiger partial charge >= 0.3 is 6.09 Å². The number of carbonyl (C=O) groups excluding carboxylic acids is 1. The van der Waals surface area contributed by atoms with Gasteiger partial charge in [-0.1, -0.05) is 30.3 Å². The van der Waals surface area contributed by atoms with Crippen molar-refractivity contribution < 1.29 is 14.3 Å². The summed E-state index contributed by atoms with van der Waals surface area (Å²) < 4.78 is 10.7. The van der Waals surface area contributed by atoms with Crippen LogP contribution in [0.2, 0.25) is 0 Å². The van der Waals surface area contributed by atoms with Crippen LogP contribution in [0.4, 0.5) is 4.79 Å². The standard InChI is InChI=1S/C18H22N2O3S/c1-2-22-18(21)20-14(11-13-7-4-3-5-8-13)15-12-24-17(19-15)16-9-6-10-23-16/h3-5,7-8,12,14,16H,2,6,9-11H2,1H3,(H,20,21)/t14-,16+/m0/s1. The molecule has 6 heteroatoms. The Labute approximate surface area is 146 Å². The van der Waals surface area contributed by atoms with E-state index in [-0.39, 0.29) is 12.1 Å². The molecule has 0 radical (unpaired) electrons. The van der Waals surface area contributed by atoms with Crippen LogP contribution >= 0.6 is 11.3 Å². The van der Waals surface area contributed by atoms with E-state index < -0.39 is 6.09 Å². The molecule has 1 N–H and O–H groups in total. The van der Waals surface area contributed by atoms with Crippen molar-refractivity contribution in [2.75, 3.05) is 13.2 Å². The van der Waals surface area contributed by atoms with Crippen LogP contribution < -0.4 is 5.32 Å². The minimum absolute atomic E-state index is 0.101. The number of benzene rings is 1. The maximum Gasteiger partial charge on any atom is 0.407 e. The highest BCUT2D eigenvalue weighted by molar-refractivity contribution is 7.09. The smallest absolute Gasteiger partial charge is 0.407 e. The number of nitrogens with one attached hydrogen (secondary N) is 1. The van der Waals surface area contributed by atoms with E-state index in [1.54, 1.807) is 18.3 Å². The molecule has 3 rings (SSSR count). The van der Waals surface area contributed by atoms with Gasteiger partial charge in [0, 0.05) is 12.0 Å². The fourth-order valence-corrected chi connectivity index (χ4v) is 3.73. The topological polar surface area (TPSA) is 60.5 Å². The third kappa shape index (κ3) is 4.33. The van der Waals surface area contributed by atoms with Gasteiger partial charge in [0.2, 0.25) is 0 Å². The summed E-state index contributed by atoms with van der Waals surface area (Å²) in [6.45, 7) is 2.94. The Bertz CT molecular complexity index is 653. The molecule has 1 amide bonds. The van der Waals surface area contributed by atoms with E-state index in [1.807, 2.05) is 35.7 Å². The predicted octanol–water partition coefficient (Wildman–Crippen LogP) is 4.02. The summed E-state index contributed by atoms with van der Waals surface area (Å²) in [4.78, 5) is 16.6. The van der Waals surface area contributed by atoms with Crippen molar-refractivity contribution in [3.8, 4) is 0 Å². The maximum absolute atomic E-state index is 11.9. The van der Waals surface area contributed by atoms with Crippen molar-refractivity contribution in [3.63, 3.8) is 0 Å². The number of carbonyl (C=O) groups is 1. The number of aromatic nitrogens is 1. The quantitative estimate of drug-likeness (QED) is 0.858. The van der Waals surface area contributed by atoms with Crippen LogP contribution in [0.1, 0.15) is 48.2 Å². The monoisotopic (exact) mass is 346 g/mol. The van der Waals surface area contributed by atoms with Gasteiger partial charge in [-0.05, 0) is 31.7 Å². The molecule has 0 bridgehead atoms. The number of ether oxygens (including phenoxy) is 2. The van der Waals surface area contributed by atoms with Gasteiger partial charge in [-0.15, -0.1) is 11.3 Å². The predicted molar refractivity (Wildman–Crippen MR) is 93.1 cm³/mol. The fourth-order valence-electron chi connectivity index (χ4n) is 2.78. The Morgan fingerprint density at radius 3 is 3.00 bits per heavy atom. The highest BCUT2D eigenvalue weighted by atomic mass is 32.1. The zero-order valence-corrected chi connectivity index (χ0v) is 14.6. The molecule has 1 aromatic carbocycles. The van der Waals surface area contributed by atoms with E-state index >= 15 is 0 Å². The number of hydrogen-bond acceptors (Lipinski definition) is 5. The van der Waals surface area contributed by atoms with Crippen molar-refractivity contribution in [3.05, 3.63) is 52.0 Å². The van der Waals surface area contributed by atoms with Gasteiger partial charge in [0.1, 0.15) is 11.1 Å². The Kier molecular flexibility index (Phi) is 5.82. The summed E-state index contributed by atoms with van der Waals surface area (Å²) in [5, 5.41) is 5.93. The molecule has 5 nitrogen and oxygen atoms in total. The van der Waals surface area contributed by atoms with Gasteiger partial charge in [-0.3, -0.25) is 0 Å². The van der Waals surface area contributed by atoms with E-state index in [2.05, 4.69) is 5.32 Å². The van der Waals surface area contributed by atoms with Crippen LogP contribution in [0.5, 0.6) is 0 Å². The highest BCUT2D eigenvalue weighted by Crippen LogP contribution is 2.32. The molecule has 1 fully saturated rings. The first-order valence-corrected chi connectivity index (χ1v) is 9.18. The molecule has 1 aliphatic rings. The van der Waals surface area contributed by atoms with Gasteiger partial charge in [0.05, 0.1) is 18.3 Å². The van der Waals surface area contributed by atoms with Crippen LogP contribution in [-0.4, -0.2) is 24.3 Å². The summed E-state index contributed by atoms with van der Waals surface area (Å²) in [7, 11) is 0. The number of amides is 1. The summed E-state index contributed by atoms with van der Waals surface area (Å²) in [6, 6.07) is 9.86. The summed E-state index contributed by atoms with van der Waals surface area (Å²) in [6.07, 6.45) is 2.46. The zero-order chi connectivity index (χ0) is 16.8. The van der Waals surface area contributed by atoms with Crippen molar-refractivity contribution in [2.45, 2.75) is 38.3 Å². The van der Waals surface area contributed by atoms with Crippen LogP contribution in [0.3, 0.4) is 0 Å². The lowest BCUT2D eigenvalue weighted by Crippen LogP contribution is -2.30. The third-order valence-corrected chi connectivity index (χ3v) is 4.91. The summed E-state index contributed by atoms with van der Waals surface area (Å²) in [5.74, 6) is 0. The van der Waals surface area contributed by atoms with Crippen LogP contribution in [0, 0.1) is 0 Å². The molecule has 2 heterocycles. The van der Waals surface area contributed by atoms with E-state index in [4.69, 9.17) is 14.5 Å². The first-order chi connectivity index (χ1) is 11.8. The molecular formula is C18H22N2O3S. The first-order valence-electron chi connectivity index (χ1n) is 8.30. The van der Waals surface area contributed by atoms with Crippen molar-refractivity contribution in [1.29, 1.82) is 0 Å². The number of hydrogen-bond donors (Lipinski definition) is 1. The largest absolute Gasteiger partial charge is 0.450 e. The van der Waals surface area contributed by atoms with Crippen molar-refractivity contribution >= 4 is 17.4 Å². The molecule has 128 valence electrons. The minimum atomic E-state index is -0.412. The molecule has 2 aromatic rings. The Morgan fingerprint density at radius 2 is 2.29 bits per heavy atom. The lowest BCUT2D eigenvalue weighted by Gasteiger charge is -2.17. The SMILES string of the molecule is CCOC(=O)N[C@@H](Cc1ccccc1)c1csc([C@H]2CCCO2)n1. The second kappa shape index (κ2) is 8.26. The van der Waals surface area contributed by atoms with Crippen LogP contribution in [0.25, 0.3) is 0 Å². The summed E-state index contributed by atoms with van der Waals surface area (Å²) in [5.41, 5.74) is 2.01. The summed E-state index contributed by atoms with van der Waals surface area (Å²) >= 11 is 1.60. The first kappa shape index (κ1) is 16.9. The lowest BCUT2D eigenvalue weighted by molar-refractivity contribution is 0.111. The molecule has 0 aliphatic carbocycles. The van der Waals surface area contributed by atoms with Gasteiger partial charge in [0.15, 0.2) is 0 Å². The normalized spacial score (nSPS) is 18.3. The molecule has 0 saturated carbocycles. The third-order valence-electron chi connectivity index (χ3n) is 3.95. The second-order valence-electron chi connectivity index (χ2n) is 5.72. The van der Waals surface area contributed by atoms with E-state index in [9.17, 15) is 4.79 Å². The van der Waals surface area contributed by atoms with Crippen LogP contribution in [0.15, 0.2) is 35.7 Å². The van der Waals surface area contributed by atoms with Gasteiger partial charge in [0.25, 0.3) is 0 Å². The second-order valence-corrected chi connectivity index (χ2v) is 6.61. The molecule has 24 heavy (non-hydrogen) atoms. The highest BCUT2D eigenvalue weighted by Gasteiger charge is 2.24. The molecule has 1 aromatic heterocycles. The maximum atomic E-state index is 11.9. The van der Waals surface area contributed by atoms with Gasteiger partial charge in [-0.2, -0.15) is 0 Å². The van der Waals surface area contributed by atoms with Crippen LogP contribution in [-0.2, 0) is 15.9 Å². The Balaban J connectivity index is 1.76. The molecule has 0 spiro atoms. The van der Waals surface area contributed by atoms with Gasteiger partial charge < -0.3 is 14.8 Å². The van der Waals surface area contributed by atoms with E-state index in [0.29, 0.717) is 13.0 Å². The molecule has 1 saturated heterocycles. The average molecular weight is 346 g/mol. The van der Waals surface area contributed by atoms with Crippen molar-refractivity contribution in [1.82, 2.24) is 10.3 Å². The Hall–Kier alpha value is -1.92. The minimum Gasteiger partial charge on any atom is -0.450 e. The lowest BCUT2D eigenvalue weighted by atomic mass is 10.0. The van der Waals surface area contributed by atoms with E-state index in [1.165, 1.54) is 0 Å². The Morgan fingerprint density at radius 1 is 1.46 bits per heavy atom. The van der Waals surface area contributed by atoms with E-state index in [0.717, 1.165) is 35.7 Å². The van der Waals surface area contributed by atoms with Gasteiger partial charge in [-0.25, -0.2) is 9.78 Å². The molecular weight excluding hydrogens is 324 g/mol. The number of alkyl carbamates (subject to hydrolysis) is 1. The fraction of sp³-hybridized carbons (Fsp3) is 0.444. The molecule has 2 atom stereocenters. The number of nitrogens with zero attached hydrogens (tertiary/aromatic N) is 1. The average Bonchev–Trinajstić information content (AvgIpc) is 3.27. The van der Waals surface area contributed by atoms with Crippen molar-refractivity contribution in [2.24, 2.45) is 0 Å². The number of thiazole rings is 1. The number of rotatable bonds is 6. The zero-order valence-electron chi connectivity index (χ0n) is 13.7. The molecule has 0 unspecified atom stereocenters.